The molecular weight excluding hydrogens is 346 g/mol. The third-order valence-corrected chi connectivity index (χ3v) is 4.51. The molecule has 7 heteroatoms. The first kappa shape index (κ1) is 18.8. The van der Waals surface area contributed by atoms with Gasteiger partial charge in [0.15, 0.2) is 0 Å². The minimum absolute atomic E-state index is 0.0218. The summed E-state index contributed by atoms with van der Waals surface area (Å²) in [6.45, 7) is 4.20. The summed E-state index contributed by atoms with van der Waals surface area (Å²) in [5, 5.41) is 11.9. The highest BCUT2D eigenvalue weighted by atomic mass is 35.5. The zero-order chi connectivity index (χ0) is 17.4. The van der Waals surface area contributed by atoms with Crippen molar-refractivity contribution in [2.45, 2.75) is 50.8 Å². The lowest BCUT2D eigenvalue weighted by atomic mass is 10.1. The van der Waals surface area contributed by atoms with Gasteiger partial charge in [-0.25, -0.2) is 0 Å². The van der Waals surface area contributed by atoms with Gasteiger partial charge in [-0.1, -0.05) is 55.6 Å². The lowest BCUT2D eigenvalue weighted by molar-refractivity contribution is -0.119. The summed E-state index contributed by atoms with van der Waals surface area (Å²) in [7, 11) is 0. The first-order valence-corrected chi connectivity index (χ1v) is 9.46. The molecule has 0 unspecified atom stereocenters. The minimum atomic E-state index is -0.0218. The van der Waals surface area contributed by atoms with E-state index in [0.717, 1.165) is 18.4 Å². The van der Waals surface area contributed by atoms with Crippen LogP contribution in [0.25, 0.3) is 11.5 Å². The Labute approximate surface area is 151 Å². The highest BCUT2D eigenvalue weighted by Gasteiger charge is 2.12. The second kappa shape index (κ2) is 9.69. The van der Waals surface area contributed by atoms with Crippen LogP contribution in [0.15, 0.2) is 33.9 Å². The summed E-state index contributed by atoms with van der Waals surface area (Å²) < 4.78 is 5.56. The van der Waals surface area contributed by atoms with Gasteiger partial charge in [0.05, 0.1) is 5.75 Å². The van der Waals surface area contributed by atoms with Crippen LogP contribution in [-0.4, -0.2) is 27.9 Å². The number of halogens is 1. The molecule has 0 aliphatic heterocycles. The van der Waals surface area contributed by atoms with E-state index in [2.05, 4.69) is 22.4 Å². The van der Waals surface area contributed by atoms with Crippen LogP contribution < -0.4 is 5.32 Å². The number of hydrogen-bond donors (Lipinski definition) is 1. The van der Waals surface area contributed by atoms with Crippen LogP contribution in [0.5, 0.6) is 0 Å². The molecule has 0 spiro atoms. The van der Waals surface area contributed by atoms with Crippen molar-refractivity contribution in [1.82, 2.24) is 15.5 Å². The maximum Gasteiger partial charge on any atom is 0.277 e. The Kier molecular flexibility index (Phi) is 7.59. The van der Waals surface area contributed by atoms with Gasteiger partial charge in [-0.2, -0.15) is 0 Å². The number of nitrogens with one attached hydrogen (secondary N) is 1. The van der Waals surface area contributed by atoms with Gasteiger partial charge in [0.2, 0.25) is 11.8 Å². The minimum Gasteiger partial charge on any atom is -0.411 e. The van der Waals surface area contributed by atoms with Gasteiger partial charge in [-0.3, -0.25) is 4.79 Å². The molecule has 0 bridgehead atoms. The van der Waals surface area contributed by atoms with E-state index in [1.54, 1.807) is 12.1 Å². The molecule has 2 rings (SSSR count). The van der Waals surface area contributed by atoms with Crippen LogP contribution >= 0.6 is 23.4 Å². The summed E-state index contributed by atoms with van der Waals surface area (Å²) in [6.07, 6.45) is 4.52. The third kappa shape index (κ3) is 6.17. The van der Waals surface area contributed by atoms with Crippen molar-refractivity contribution < 1.29 is 9.21 Å². The smallest absolute Gasteiger partial charge is 0.277 e. The Balaban J connectivity index is 1.79. The molecule has 1 aromatic carbocycles. The van der Waals surface area contributed by atoms with Gasteiger partial charge in [-0.05, 0) is 31.5 Å². The van der Waals surface area contributed by atoms with E-state index in [1.165, 1.54) is 24.6 Å². The molecule has 0 saturated heterocycles. The molecule has 1 heterocycles. The summed E-state index contributed by atoms with van der Waals surface area (Å²) in [5.41, 5.74) is 0.760. The van der Waals surface area contributed by atoms with Crippen molar-refractivity contribution in [2.75, 3.05) is 5.75 Å². The second-order valence-electron chi connectivity index (χ2n) is 5.64. The molecule has 24 heavy (non-hydrogen) atoms. The average Bonchev–Trinajstić information content (AvgIpc) is 3.02. The molecule has 2 aromatic rings. The summed E-state index contributed by atoms with van der Waals surface area (Å²) in [4.78, 5) is 11.9. The molecule has 0 saturated carbocycles. The lowest BCUT2D eigenvalue weighted by Gasteiger charge is -2.12. The van der Waals surface area contributed by atoms with E-state index in [1.807, 2.05) is 19.1 Å². The topological polar surface area (TPSA) is 68.0 Å². The normalized spacial score (nSPS) is 12.1. The molecule has 130 valence electrons. The number of aromatic nitrogens is 2. The van der Waals surface area contributed by atoms with Crippen molar-refractivity contribution in [2.24, 2.45) is 0 Å². The molecule has 0 radical (unpaired) electrons. The van der Waals surface area contributed by atoms with Crippen LogP contribution in [-0.2, 0) is 4.79 Å². The number of carbonyl (C=O) groups excluding carboxylic acids is 1. The molecule has 0 aliphatic carbocycles. The predicted molar refractivity (Wildman–Crippen MR) is 97.2 cm³/mol. The van der Waals surface area contributed by atoms with Gasteiger partial charge in [0, 0.05) is 16.6 Å². The number of nitrogens with zero attached hydrogens (tertiary/aromatic N) is 2. The van der Waals surface area contributed by atoms with Gasteiger partial charge in [-0.15, -0.1) is 10.2 Å². The highest BCUT2D eigenvalue weighted by Crippen LogP contribution is 2.24. The van der Waals surface area contributed by atoms with Gasteiger partial charge in [0.1, 0.15) is 0 Å². The lowest BCUT2D eigenvalue weighted by Crippen LogP contribution is -2.33. The van der Waals surface area contributed by atoms with Crippen LogP contribution in [0.4, 0.5) is 0 Å². The van der Waals surface area contributed by atoms with E-state index >= 15 is 0 Å². The fourth-order valence-electron chi connectivity index (χ4n) is 2.22. The average molecular weight is 368 g/mol. The van der Waals surface area contributed by atoms with Crippen LogP contribution in [0, 0.1) is 0 Å². The molecule has 1 N–H and O–H groups in total. The number of amides is 1. The maximum absolute atomic E-state index is 11.9. The highest BCUT2D eigenvalue weighted by molar-refractivity contribution is 7.99. The molecule has 1 amide bonds. The summed E-state index contributed by atoms with van der Waals surface area (Å²) in [6, 6.07) is 7.40. The van der Waals surface area contributed by atoms with Crippen LogP contribution in [0.1, 0.15) is 39.5 Å². The Morgan fingerprint density at radius 2 is 2.21 bits per heavy atom. The van der Waals surface area contributed by atoms with Crippen molar-refractivity contribution in [3.63, 3.8) is 0 Å². The van der Waals surface area contributed by atoms with Crippen LogP contribution in [0.2, 0.25) is 5.02 Å². The Bertz CT molecular complexity index is 663. The van der Waals surface area contributed by atoms with E-state index in [0.29, 0.717) is 16.1 Å². The number of unbranched alkanes of at least 4 members (excludes halogenated alkanes) is 2. The molecular formula is C17H22ClN3O2S. The predicted octanol–water partition coefficient (Wildman–Crippen LogP) is 4.57. The first-order chi connectivity index (χ1) is 11.6. The summed E-state index contributed by atoms with van der Waals surface area (Å²) in [5.74, 6) is 0.634. The molecule has 1 atom stereocenters. The van der Waals surface area contributed by atoms with Crippen molar-refractivity contribution >= 4 is 29.3 Å². The van der Waals surface area contributed by atoms with Crippen molar-refractivity contribution in [3.8, 4) is 11.5 Å². The SMILES string of the molecule is CCCCC[C@H](C)NC(=O)CSc1nnc(-c2cccc(Cl)c2)o1. The molecule has 5 nitrogen and oxygen atoms in total. The number of thioether (sulfide) groups is 1. The Morgan fingerprint density at radius 3 is 2.96 bits per heavy atom. The monoisotopic (exact) mass is 367 g/mol. The molecule has 0 aliphatic rings. The van der Waals surface area contributed by atoms with E-state index in [-0.39, 0.29) is 17.7 Å². The Hall–Kier alpha value is -1.53. The largest absolute Gasteiger partial charge is 0.411 e. The van der Waals surface area contributed by atoms with Crippen molar-refractivity contribution in [1.29, 1.82) is 0 Å². The zero-order valence-electron chi connectivity index (χ0n) is 13.9. The fraction of sp³-hybridized carbons (Fsp3) is 0.471. The number of carbonyl (C=O) groups is 1. The third-order valence-electron chi connectivity index (χ3n) is 3.45. The molecule has 0 fully saturated rings. The summed E-state index contributed by atoms with van der Waals surface area (Å²) >= 11 is 7.18. The van der Waals surface area contributed by atoms with E-state index in [9.17, 15) is 4.79 Å². The van der Waals surface area contributed by atoms with E-state index < -0.39 is 0 Å². The Morgan fingerprint density at radius 1 is 1.38 bits per heavy atom. The molecule has 1 aromatic heterocycles. The van der Waals surface area contributed by atoms with Gasteiger partial charge < -0.3 is 9.73 Å². The standard InChI is InChI=1S/C17H22ClN3O2S/c1-3-4-5-7-12(2)19-15(22)11-24-17-21-20-16(23-17)13-8-6-9-14(18)10-13/h6,8-10,12H,3-5,7,11H2,1-2H3,(H,19,22)/t12-/m0/s1. The number of hydrogen-bond acceptors (Lipinski definition) is 5. The zero-order valence-corrected chi connectivity index (χ0v) is 15.5. The van der Waals surface area contributed by atoms with Crippen molar-refractivity contribution in [3.05, 3.63) is 29.3 Å². The van der Waals surface area contributed by atoms with Gasteiger partial charge >= 0.3 is 0 Å². The quantitative estimate of drug-likeness (QED) is 0.519. The number of benzene rings is 1. The first-order valence-electron chi connectivity index (χ1n) is 8.10. The van der Waals surface area contributed by atoms with E-state index in [4.69, 9.17) is 16.0 Å². The van der Waals surface area contributed by atoms with Crippen LogP contribution in [0.3, 0.4) is 0 Å². The second-order valence-corrected chi connectivity index (χ2v) is 7.00. The maximum atomic E-state index is 11.9. The number of rotatable bonds is 9. The fourth-order valence-corrected chi connectivity index (χ4v) is 2.99. The van der Waals surface area contributed by atoms with Gasteiger partial charge in [0.25, 0.3) is 5.22 Å².